The molecule has 3 aliphatic rings. The average molecular weight is 429 g/mol. The van der Waals surface area contributed by atoms with Gasteiger partial charge in [-0.15, -0.1) is 0 Å². The van der Waals surface area contributed by atoms with Gasteiger partial charge in [0.15, 0.2) is 0 Å². The summed E-state index contributed by atoms with van der Waals surface area (Å²) in [4.78, 5) is 11.3. The van der Waals surface area contributed by atoms with Crippen molar-refractivity contribution >= 4 is 5.69 Å². The second kappa shape index (κ2) is 8.02. The molecule has 3 fully saturated rings. The van der Waals surface area contributed by atoms with Crippen LogP contribution >= 0.6 is 0 Å². The van der Waals surface area contributed by atoms with Gasteiger partial charge in [0, 0.05) is 51.4 Å². The fraction of sp³-hybridized carbons (Fsp3) is 0.542. The zero-order valence-corrected chi connectivity index (χ0v) is 18.0. The minimum atomic E-state index is -0.558. The van der Waals surface area contributed by atoms with Gasteiger partial charge in [0.25, 0.3) is 0 Å². The Morgan fingerprint density at radius 1 is 1.16 bits per heavy atom. The molecule has 7 heteroatoms. The van der Waals surface area contributed by atoms with Crippen LogP contribution < -0.4 is 4.90 Å². The summed E-state index contributed by atoms with van der Waals surface area (Å²) in [6.07, 6.45) is 4.93. The molecule has 1 aliphatic carbocycles. The maximum Gasteiger partial charge on any atom is 0.143 e. The highest BCUT2D eigenvalue weighted by atomic mass is 19.1. The maximum absolute atomic E-state index is 14.5. The van der Waals surface area contributed by atoms with Gasteiger partial charge in [-0.3, -0.25) is 9.88 Å². The highest BCUT2D eigenvalue weighted by Crippen LogP contribution is 2.47. The van der Waals surface area contributed by atoms with Gasteiger partial charge in [0.2, 0.25) is 0 Å². The largest absolute Gasteiger partial charge is 0.507 e. The van der Waals surface area contributed by atoms with Gasteiger partial charge in [-0.25, -0.2) is 8.78 Å². The topological polar surface area (TPSA) is 42.8 Å². The van der Waals surface area contributed by atoms with E-state index in [2.05, 4.69) is 26.6 Å². The first kappa shape index (κ1) is 20.6. The van der Waals surface area contributed by atoms with E-state index in [1.807, 2.05) is 0 Å². The van der Waals surface area contributed by atoms with Crippen LogP contribution in [-0.2, 0) is 0 Å². The standard InChI is InChI=1S/C24H30F2N4O/c1-2-28-15-24(16-28)7-6-18(13-24)29-8-10-30(11-9-29)20-12-17(25)14-27-23(20)22-19(26)4-3-5-21(22)31/h3-5,12,14,18,31H,2,6-11,13,15-16H2,1H3. The molecule has 31 heavy (non-hydrogen) atoms. The van der Waals surface area contributed by atoms with Crippen LogP contribution in [0.1, 0.15) is 26.2 Å². The molecule has 1 saturated carbocycles. The van der Waals surface area contributed by atoms with Crippen molar-refractivity contribution < 1.29 is 13.9 Å². The number of phenols is 1. The smallest absolute Gasteiger partial charge is 0.143 e. The molecule has 1 N–H and O–H groups in total. The monoisotopic (exact) mass is 428 g/mol. The lowest BCUT2D eigenvalue weighted by atomic mass is 9.78. The molecule has 166 valence electrons. The molecule has 1 aromatic carbocycles. The summed E-state index contributed by atoms with van der Waals surface area (Å²) >= 11 is 0. The number of pyridine rings is 1. The number of phenolic OH excluding ortho intramolecular Hbond substituents is 1. The molecular formula is C24H30F2N4O. The number of piperazine rings is 1. The molecule has 1 atom stereocenters. The molecule has 5 rings (SSSR count). The van der Waals surface area contributed by atoms with E-state index in [-0.39, 0.29) is 11.3 Å². The number of benzene rings is 1. The fourth-order valence-electron chi connectivity index (χ4n) is 5.84. The number of halogens is 2. The molecule has 0 radical (unpaired) electrons. The Morgan fingerprint density at radius 2 is 1.94 bits per heavy atom. The number of nitrogens with zero attached hydrogens (tertiary/aromatic N) is 4. The summed E-state index contributed by atoms with van der Waals surface area (Å²) in [6.45, 7) is 9.13. The number of aromatic hydroxyl groups is 1. The minimum absolute atomic E-state index is 0.0307. The van der Waals surface area contributed by atoms with Crippen molar-refractivity contribution in [3.8, 4) is 17.0 Å². The van der Waals surface area contributed by atoms with E-state index in [0.717, 1.165) is 38.9 Å². The molecule has 0 amide bonds. The average Bonchev–Trinajstić information content (AvgIpc) is 3.19. The number of likely N-dealkylation sites (tertiary alicyclic amines) is 1. The Labute approximate surface area is 182 Å². The molecule has 3 heterocycles. The summed E-state index contributed by atoms with van der Waals surface area (Å²) in [7, 11) is 0. The van der Waals surface area contributed by atoms with Gasteiger partial charge in [-0.1, -0.05) is 13.0 Å². The van der Waals surface area contributed by atoms with Gasteiger partial charge in [-0.2, -0.15) is 0 Å². The van der Waals surface area contributed by atoms with E-state index in [9.17, 15) is 13.9 Å². The summed E-state index contributed by atoms with van der Waals surface area (Å²) in [6, 6.07) is 6.20. The third-order valence-corrected chi connectivity index (χ3v) is 7.48. The molecule has 1 unspecified atom stereocenters. The van der Waals surface area contributed by atoms with Gasteiger partial charge in [0.05, 0.1) is 17.4 Å². The fourth-order valence-corrected chi connectivity index (χ4v) is 5.84. The Bertz CT molecular complexity index is 934. The Kier molecular flexibility index (Phi) is 5.34. The maximum atomic E-state index is 14.5. The van der Waals surface area contributed by atoms with E-state index in [4.69, 9.17) is 0 Å². The molecule has 1 spiro atoms. The number of hydrogen-bond donors (Lipinski definition) is 1. The van der Waals surface area contributed by atoms with Crippen molar-refractivity contribution in [2.45, 2.75) is 32.2 Å². The lowest BCUT2D eigenvalue weighted by molar-refractivity contribution is 0.00367. The second-order valence-corrected chi connectivity index (χ2v) is 9.38. The predicted octanol–water partition coefficient (Wildman–Crippen LogP) is 3.73. The van der Waals surface area contributed by atoms with Gasteiger partial charge >= 0.3 is 0 Å². The summed E-state index contributed by atoms with van der Waals surface area (Å²) in [5.74, 6) is -1.20. The molecule has 2 aliphatic heterocycles. The lowest BCUT2D eigenvalue weighted by Crippen LogP contribution is -2.56. The summed E-state index contributed by atoms with van der Waals surface area (Å²) in [5, 5.41) is 10.2. The van der Waals surface area contributed by atoms with Crippen molar-refractivity contribution in [2.24, 2.45) is 5.41 Å². The number of aromatic nitrogens is 1. The van der Waals surface area contributed by atoms with Crippen LogP contribution in [0.2, 0.25) is 0 Å². The van der Waals surface area contributed by atoms with Gasteiger partial charge in [0.1, 0.15) is 23.1 Å². The lowest BCUT2D eigenvalue weighted by Gasteiger charge is -2.49. The molecule has 0 bridgehead atoms. The summed E-state index contributed by atoms with van der Waals surface area (Å²) in [5.41, 5.74) is 1.39. The van der Waals surface area contributed by atoms with Crippen molar-refractivity contribution in [2.75, 3.05) is 50.7 Å². The first-order chi connectivity index (χ1) is 15.0. The quantitative estimate of drug-likeness (QED) is 0.804. The zero-order chi connectivity index (χ0) is 21.6. The number of anilines is 1. The number of rotatable bonds is 4. The molecule has 5 nitrogen and oxygen atoms in total. The second-order valence-electron chi connectivity index (χ2n) is 9.38. The normalized spacial score (nSPS) is 24.0. The van der Waals surface area contributed by atoms with E-state index in [1.165, 1.54) is 56.6 Å². The molecule has 2 saturated heterocycles. The first-order valence-electron chi connectivity index (χ1n) is 11.3. The van der Waals surface area contributed by atoms with Crippen LogP contribution in [0.15, 0.2) is 30.5 Å². The van der Waals surface area contributed by atoms with Crippen molar-refractivity contribution in [3.63, 3.8) is 0 Å². The van der Waals surface area contributed by atoms with Gasteiger partial charge in [-0.05, 0) is 43.4 Å². The predicted molar refractivity (Wildman–Crippen MR) is 117 cm³/mol. The Hall–Kier alpha value is -2.25. The van der Waals surface area contributed by atoms with Crippen LogP contribution in [-0.4, -0.2) is 71.7 Å². The third-order valence-electron chi connectivity index (χ3n) is 7.48. The Morgan fingerprint density at radius 3 is 2.65 bits per heavy atom. The minimum Gasteiger partial charge on any atom is -0.507 e. The van der Waals surface area contributed by atoms with E-state index in [0.29, 0.717) is 22.8 Å². The SMILES string of the molecule is CCN1CC2(CCC(N3CCN(c4cc(F)cnc4-c4c(O)cccc4F)CC3)C2)C1. The summed E-state index contributed by atoms with van der Waals surface area (Å²) < 4.78 is 28.6. The highest BCUT2D eigenvalue weighted by molar-refractivity contribution is 5.79. The van der Waals surface area contributed by atoms with E-state index in [1.54, 1.807) is 0 Å². The molecule has 2 aromatic rings. The first-order valence-corrected chi connectivity index (χ1v) is 11.3. The Balaban J connectivity index is 1.30. The van der Waals surface area contributed by atoms with Crippen LogP contribution in [0.5, 0.6) is 5.75 Å². The van der Waals surface area contributed by atoms with Crippen LogP contribution in [0.25, 0.3) is 11.3 Å². The molecule has 1 aromatic heterocycles. The highest BCUT2D eigenvalue weighted by Gasteiger charge is 2.48. The zero-order valence-electron chi connectivity index (χ0n) is 18.0. The van der Waals surface area contributed by atoms with Crippen molar-refractivity contribution in [1.82, 2.24) is 14.8 Å². The van der Waals surface area contributed by atoms with Gasteiger partial charge < -0.3 is 14.9 Å². The van der Waals surface area contributed by atoms with Crippen LogP contribution in [0.4, 0.5) is 14.5 Å². The van der Waals surface area contributed by atoms with Crippen LogP contribution in [0, 0.1) is 17.0 Å². The molecular weight excluding hydrogens is 398 g/mol. The third kappa shape index (κ3) is 3.78. The van der Waals surface area contributed by atoms with Crippen molar-refractivity contribution in [1.29, 1.82) is 0 Å². The van der Waals surface area contributed by atoms with Crippen LogP contribution in [0.3, 0.4) is 0 Å². The van der Waals surface area contributed by atoms with E-state index < -0.39 is 11.6 Å². The van der Waals surface area contributed by atoms with Crippen molar-refractivity contribution in [3.05, 3.63) is 42.1 Å². The van der Waals surface area contributed by atoms with E-state index >= 15 is 0 Å². The number of hydrogen-bond acceptors (Lipinski definition) is 5.